The van der Waals surface area contributed by atoms with Crippen LogP contribution >= 0.6 is 0 Å². The largest absolute Gasteiger partial charge is 0.269 e. The van der Waals surface area contributed by atoms with Crippen molar-refractivity contribution in [1.29, 1.82) is 0 Å². The predicted molar refractivity (Wildman–Crippen MR) is 82.5 cm³/mol. The molecule has 0 unspecified atom stereocenters. The molecule has 0 radical (unpaired) electrons. The van der Waals surface area contributed by atoms with Crippen LogP contribution in [0.15, 0.2) is 35.4 Å². The number of benzene rings is 1. The van der Waals surface area contributed by atoms with Gasteiger partial charge in [0.1, 0.15) is 0 Å². The summed E-state index contributed by atoms with van der Waals surface area (Å²) in [7, 11) is -1.89. The van der Waals surface area contributed by atoms with E-state index >= 15 is 0 Å². The zero-order valence-corrected chi connectivity index (χ0v) is 13.7. The molecule has 0 saturated carbocycles. The molecule has 1 aromatic carbocycles. The molecule has 0 atom stereocenters. The van der Waals surface area contributed by atoms with Crippen LogP contribution in [-0.4, -0.2) is 29.6 Å². The van der Waals surface area contributed by atoms with Gasteiger partial charge in [-0.2, -0.15) is 9.40 Å². The molecule has 5 nitrogen and oxygen atoms in total. The average molecular weight is 307 g/mol. The van der Waals surface area contributed by atoms with E-state index in [0.717, 1.165) is 23.4 Å². The van der Waals surface area contributed by atoms with Crippen molar-refractivity contribution in [1.82, 2.24) is 14.1 Å². The second kappa shape index (κ2) is 5.99. The molecule has 0 aliphatic carbocycles. The Morgan fingerprint density at radius 1 is 1.19 bits per heavy atom. The SMILES string of the molecule is CCn1nccc1CN(C)S(=O)(=O)c1ccc(C)c(C)c1. The first-order valence-electron chi connectivity index (χ1n) is 6.90. The van der Waals surface area contributed by atoms with E-state index < -0.39 is 10.0 Å². The van der Waals surface area contributed by atoms with E-state index in [1.165, 1.54) is 4.31 Å². The third kappa shape index (κ3) is 3.16. The number of aromatic nitrogens is 2. The standard InChI is InChI=1S/C15H21N3O2S/c1-5-18-14(8-9-16-18)11-17(4)21(19,20)15-7-6-12(2)13(3)10-15/h6-10H,5,11H2,1-4H3. The Morgan fingerprint density at radius 3 is 2.52 bits per heavy atom. The highest BCUT2D eigenvalue weighted by Crippen LogP contribution is 2.19. The number of aryl methyl sites for hydroxylation is 3. The van der Waals surface area contributed by atoms with E-state index in [1.54, 1.807) is 30.1 Å². The average Bonchev–Trinajstić information content (AvgIpc) is 2.88. The monoisotopic (exact) mass is 307 g/mol. The minimum Gasteiger partial charge on any atom is -0.269 e. The Bertz CT molecular complexity index is 735. The molecule has 0 bridgehead atoms. The van der Waals surface area contributed by atoms with Crippen LogP contribution in [0.2, 0.25) is 0 Å². The first-order chi connectivity index (χ1) is 9.86. The Balaban J connectivity index is 2.28. The van der Waals surface area contributed by atoms with Crippen LogP contribution in [0.4, 0.5) is 0 Å². The predicted octanol–water partition coefficient (Wildman–Crippen LogP) is 2.34. The zero-order chi connectivity index (χ0) is 15.6. The van der Waals surface area contributed by atoms with Gasteiger partial charge in [0, 0.05) is 19.8 Å². The molecule has 1 aromatic heterocycles. The lowest BCUT2D eigenvalue weighted by Gasteiger charge is -2.18. The summed E-state index contributed by atoms with van der Waals surface area (Å²) in [5.74, 6) is 0. The third-order valence-corrected chi connectivity index (χ3v) is 5.47. The summed E-state index contributed by atoms with van der Waals surface area (Å²) in [6, 6.07) is 7.06. The molecule has 0 aliphatic rings. The maximum Gasteiger partial charge on any atom is 0.243 e. The van der Waals surface area contributed by atoms with Crippen molar-refractivity contribution in [2.75, 3.05) is 7.05 Å². The molecule has 2 rings (SSSR count). The van der Waals surface area contributed by atoms with Gasteiger partial charge >= 0.3 is 0 Å². The number of nitrogens with zero attached hydrogens (tertiary/aromatic N) is 3. The quantitative estimate of drug-likeness (QED) is 0.852. The van der Waals surface area contributed by atoms with Crippen molar-refractivity contribution < 1.29 is 8.42 Å². The van der Waals surface area contributed by atoms with Crippen LogP contribution in [0.5, 0.6) is 0 Å². The Morgan fingerprint density at radius 2 is 1.90 bits per heavy atom. The van der Waals surface area contributed by atoms with Gasteiger partial charge < -0.3 is 0 Å². The van der Waals surface area contributed by atoms with Crippen LogP contribution < -0.4 is 0 Å². The van der Waals surface area contributed by atoms with Crippen molar-refractivity contribution in [3.63, 3.8) is 0 Å². The molecular formula is C15H21N3O2S. The summed E-state index contributed by atoms with van der Waals surface area (Å²) in [4.78, 5) is 0.329. The number of hydrogen-bond donors (Lipinski definition) is 0. The van der Waals surface area contributed by atoms with Crippen LogP contribution in [0.1, 0.15) is 23.7 Å². The fourth-order valence-corrected chi connectivity index (χ4v) is 3.37. The normalized spacial score (nSPS) is 12.0. The van der Waals surface area contributed by atoms with Gasteiger partial charge in [-0.3, -0.25) is 4.68 Å². The van der Waals surface area contributed by atoms with Gasteiger partial charge in [-0.25, -0.2) is 8.42 Å². The number of rotatable bonds is 5. The second-order valence-corrected chi connectivity index (χ2v) is 7.19. The van der Waals surface area contributed by atoms with Gasteiger partial charge in [0.25, 0.3) is 0 Å². The lowest BCUT2D eigenvalue weighted by molar-refractivity contribution is 0.447. The van der Waals surface area contributed by atoms with E-state index in [-0.39, 0.29) is 0 Å². The molecule has 1 heterocycles. The highest BCUT2D eigenvalue weighted by molar-refractivity contribution is 7.89. The lowest BCUT2D eigenvalue weighted by atomic mass is 10.1. The first-order valence-corrected chi connectivity index (χ1v) is 8.34. The summed E-state index contributed by atoms with van der Waals surface area (Å²) < 4.78 is 28.4. The van der Waals surface area contributed by atoms with E-state index in [9.17, 15) is 8.42 Å². The molecule has 0 amide bonds. The highest BCUT2D eigenvalue weighted by atomic mass is 32.2. The smallest absolute Gasteiger partial charge is 0.243 e. The van der Waals surface area contributed by atoms with Crippen molar-refractivity contribution in [2.45, 2.75) is 38.8 Å². The van der Waals surface area contributed by atoms with Crippen LogP contribution in [-0.2, 0) is 23.1 Å². The van der Waals surface area contributed by atoms with Crippen LogP contribution in [0.3, 0.4) is 0 Å². The fraction of sp³-hybridized carbons (Fsp3) is 0.400. The lowest BCUT2D eigenvalue weighted by Crippen LogP contribution is -2.27. The molecule has 0 N–H and O–H groups in total. The van der Waals surface area contributed by atoms with Crippen molar-refractivity contribution in [2.24, 2.45) is 0 Å². The minimum atomic E-state index is -3.49. The van der Waals surface area contributed by atoms with E-state index in [2.05, 4.69) is 5.10 Å². The highest BCUT2D eigenvalue weighted by Gasteiger charge is 2.22. The summed E-state index contributed by atoms with van der Waals surface area (Å²) >= 11 is 0. The summed E-state index contributed by atoms with van der Waals surface area (Å²) in [6.07, 6.45) is 1.69. The van der Waals surface area contributed by atoms with Gasteiger partial charge in [0.2, 0.25) is 10.0 Å². The van der Waals surface area contributed by atoms with Gasteiger partial charge in [-0.1, -0.05) is 6.07 Å². The topological polar surface area (TPSA) is 55.2 Å². The third-order valence-electron chi connectivity index (χ3n) is 3.68. The molecular weight excluding hydrogens is 286 g/mol. The molecule has 114 valence electrons. The molecule has 6 heteroatoms. The van der Waals surface area contributed by atoms with Crippen LogP contribution in [0, 0.1) is 13.8 Å². The van der Waals surface area contributed by atoms with Gasteiger partial charge in [-0.15, -0.1) is 0 Å². The molecule has 21 heavy (non-hydrogen) atoms. The maximum absolute atomic E-state index is 12.6. The molecule has 0 aliphatic heterocycles. The van der Waals surface area contributed by atoms with E-state index in [1.807, 2.05) is 32.9 Å². The van der Waals surface area contributed by atoms with E-state index in [4.69, 9.17) is 0 Å². The maximum atomic E-state index is 12.6. The van der Waals surface area contributed by atoms with E-state index in [0.29, 0.717) is 11.4 Å². The van der Waals surface area contributed by atoms with Gasteiger partial charge in [0.15, 0.2) is 0 Å². The van der Waals surface area contributed by atoms with Crippen molar-refractivity contribution >= 4 is 10.0 Å². The van der Waals surface area contributed by atoms with Crippen molar-refractivity contribution in [3.05, 3.63) is 47.3 Å². The summed E-state index contributed by atoms with van der Waals surface area (Å²) in [6.45, 7) is 6.90. The molecule has 2 aromatic rings. The van der Waals surface area contributed by atoms with Crippen molar-refractivity contribution in [3.8, 4) is 0 Å². The molecule has 0 saturated heterocycles. The second-order valence-electron chi connectivity index (χ2n) is 5.15. The van der Waals surface area contributed by atoms with Crippen LogP contribution in [0.25, 0.3) is 0 Å². The summed E-state index contributed by atoms with van der Waals surface area (Å²) in [5, 5.41) is 4.16. The molecule has 0 fully saturated rings. The molecule has 0 spiro atoms. The fourth-order valence-electron chi connectivity index (χ4n) is 2.15. The number of sulfonamides is 1. The summed E-state index contributed by atoms with van der Waals surface area (Å²) in [5.41, 5.74) is 2.94. The number of hydrogen-bond acceptors (Lipinski definition) is 3. The Hall–Kier alpha value is -1.66. The van der Waals surface area contributed by atoms with Gasteiger partial charge in [-0.05, 0) is 50.1 Å². The van der Waals surface area contributed by atoms with Gasteiger partial charge in [0.05, 0.1) is 17.1 Å². The zero-order valence-electron chi connectivity index (χ0n) is 12.9. The Labute approximate surface area is 126 Å². The Kier molecular flexibility index (Phi) is 4.49. The first kappa shape index (κ1) is 15.7. The minimum absolute atomic E-state index is 0.309.